The predicted molar refractivity (Wildman–Crippen MR) is 130 cm³/mol. The first-order chi connectivity index (χ1) is 19.6. The third kappa shape index (κ3) is 8.38. The molecule has 0 radical (unpaired) electrons. The molecule has 2 aliphatic rings. The summed E-state index contributed by atoms with van der Waals surface area (Å²) in [5, 5.41) is 53.3. The van der Waals surface area contributed by atoms with Gasteiger partial charge in [-0.2, -0.15) is 4.31 Å². The molecule has 2 aliphatic heterocycles. The zero-order valence-corrected chi connectivity index (χ0v) is 22.9. The zero-order chi connectivity index (χ0) is 31.4. The Bertz CT molecular complexity index is 1380. The van der Waals surface area contributed by atoms with Crippen LogP contribution in [-0.4, -0.2) is 113 Å². The smallest absolute Gasteiger partial charge is 0.394 e. The van der Waals surface area contributed by atoms with E-state index < -0.39 is 114 Å². The maximum atomic E-state index is 12.6. The normalized spacial score (nSPS) is 34.2. The van der Waals surface area contributed by atoms with Crippen LogP contribution in [0.2, 0.25) is 0 Å². The van der Waals surface area contributed by atoms with Crippen molar-refractivity contribution in [3.63, 3.8) is 0 Å². The van der Waals surface area contributed by atoms with Crippen LogP contribution < -0.4 is 11.2 Å². The van der Waals surface area contributed by atoms with Gasteiger partial charge in [-0.15, -0.1) is 0 Å². The Kier molecular flexibility index (Phi) is 11.3. The zero-order valence-electron chi connectivity index (χ0n) is 21.1. The fraction of sp³-hybridized carbons (Fsp3) is 0.722. The molecular formula is C18H27N5O17P2. The summed E-state index contributed by atoms with van der Waals surface area (Å²) in [7, 11) is -11.3. The van der Waals surface area contributed by atoms with Gasteiger partial charge in [-0.1, -0.05) is 5.11 Å². The number of ketones is 1. The molecule has 1 aromatic rings. The first-order valence-corrected chi connectivity index (χ1v) is 14.8. The van der Waals surface area contributed by atoms with Gasteiger partial charge < -0.3 is 44.8 Å². The monoisotopic (exact) mass is 647 g/mol. The molecule has 0 aromatic carbocycles. The van der Waals surface area contributed by atoms with Gasteiger partial charge >= 0.3 is 21.3 Å². The summed E-state index contributed by atoms with van der Waals surface area (Å²) in [5.74, 6) is -2.45. The van der Waals surface area contributed by atoms with Gasteiger partial charge in [-0.25, -0.2) is 13.9 Å². The first-order valence-electron chi connectivity index (χ1n) is 11.8. The number of azide groups is 1. The number of Topliss-reactive ketones (excluding diaryl/α,β-unsaturated/α-hetero) is 1. The van der Waals surface area contributed by atoms with E-state index in [-0.39, 0.29) is 0 Å². The molecule has 2 saturated heterocycles. The molecule has 11 unspecified atom stereocenters. The number of aromatic amines is 1. The Morgan fingerprint density at radius 1 is 1.07 bits per heavy atom. The van der Waals surface area contributed by atoms with Crippen molar-refractivity contribution < 1.29 is 72.1 Å². The molecule has 0 bridgehead atoms. The lowest BCUT2D eigenvalue weighted by Crippen LogP contribution is -2.56. The van der Waals surface area contributed by atoms with Crippen LogP contribution in [0.1, 0.15) is 12.6 Å². The Balaban J connectivity index is 1.67. The average molecular weight is 647 g/mol. The summed E-state index contributed by atoms with van der Waals surface area (Å²) < 4.78 is 49.6. The second-order valence-corrected chi connectivity index (χ2v) is 12.0. The summed E-state index contributed by atoms with van der Waals surface area (Å²) in [6, 6.07) is 0.918. The highest BCUT2D eigenvalue weighted by Crippen LogP contribution is 2.62. The summed E-state index contributed by atoms with van der Waals surface area (Å²) in [5.41, 5.74) is 6.57. The number of aromatic nitrogens is 2. The number of aliphatic hydroxyl groups is 5. The summed E-state index contributed by atoms with van der Waals surface area (Å²) in [6.07, 6.45) is -14.0. The predicted octanol–water partition coefficient (Wildman–Crippen LogP) is -3.27. The van der Waals surface area contributed by atoms with E-state index in [2.05, 4.69) is 18.9 Å². The number of carbonyl (C=O) groups is 1. The van der Waals surface area contributed by atoms with E-state index >= 15 is 0 Å². The molecule has 22 nitrogen and oxygen atoms in total. The number of H-pyrrole nitrogens is 1. The number of phosphoric acid groups is 2. The van der Waals surface area contributed by atoms with Crippen LogP contribution in [0.4, 0.5) is 0 Å². The molecule has 3 heterocycles. The minimum Gasteiger partial charge on any atom is -0.394 e. The molecule has 3 rings (SSSR count). The van der Waals surface area contributed by atoms with Gasteiger partial charge in [0, 0.05) is 29.5 Å². The summed E-state index contributed by atoms with van der Waals surface area (Å²) >= 11 is 0. The number of nitrogens with one attached hydrogen (secondary N) is 1. The lowest BCUT2D eigenvalue weighted by atomic mass is 9.87. The highest BCUT2D eigenvalue weighted by Gasteiger charge is 2.50. The molecule has 0 amide bonds. The Hall–Kier alpha value is -2.36. The van der Waals surface area contributed by atoms with Crippen LogP contribution in [0.3, 0.4) is 0 Å². The molecule has 11 atom stereocenters. The minimum atomic E-state index is -5.69. The van der Waals surface area contributed by atoms with E-state index in [1.807, 2.05) is 4.98 Å². The molecular weight excluding hydrogens is 620 g/mol. The highest BCUT2D eigenvalue weighted by molar-refractivity contribution is 7.61. The molecule has 0 saturated carbocycles. The largest absolute Gasteiger partial charge is 0.483 e. The van der Waals surface area contributed by atoms with Crippen molar-refractivity contribution in [1.29, 1.82) is 0 Å². The summed E-state index contributed by atoms with van der Waals surface area (Å²) in [6.45, 7) is -2.70. The van der Waals surface area contributed by atoms with Crippen molar-refractivity contribution in [2.75, 3.05) is 19.8 Å². The average Bonchev–Trinajstić information content (AvgIpc) is 3.18. The maximum absolute atomic E-state index is 12.6. The number of ether oxygens (including phenoxy) is 2. The molecule has 0 spiro atoms. The van der Waals surface area contributed by atoms with E-state index in [9.17, 15) is 58.8 Å². The Labute approximate surface area is 233 Å². The molecule has 1 aromatic heterocycles. The second-order valence-electron chi connectivity index (χ2n) is 8.99. The number of carbonyl (C=O) groups excluding carboxylic acids is 1. The SMILES string of the molecule is [N-]=[N+]=NCC(=O)CC1C(OP(=O)(O)OP(=O)(O)OCC2OC(n3ccc(=O)[nH]c3=O)C(O)C2O)OC(CO)C(O)C1O. The van der Waals surface area contributed by atoms with Crippen LogP contribution in [0, 0.1) is 5.92 Å². The third-order valence-electron chi connectivity index (χ3n) is 6.09. The van der Waals surface area contributed by atoms with E-state index in [1.54, 1.807) is 0 Å². The van der Waals surface area contributed by atoms with E-state index in [0.29, 0.717) is 4.57 Å². The number of nitrogens with zero attached hydrogens (tertiary/aromatic N) is 4. The van der Waals surface area contributed by atoms with Crippen molar-refractivity contribution in [2.45, 2.75) is 55.6 Å². The van der Waals surface area contributed by atoms with Gasteiger partial charge in [-0.3, -0.25) is 28.2 Å². The van der Waals surface area contributed by atoms with E-state index in [1.165, 1.54) is 0 Å². The molecule has 8 N–H and O–H groups in total. The van der Waals surface area contributed by atoms with E-state index in [0.717, 1.165) is 12.3 Å². The van der Waals surface area contributed by atoms with Crippen molar-refractivity contribution in [1.82, 2.24) is 9.55 Å². The second kappa shape index (κ2) is 14.0. The van der Waals surface area contributed by atoms with Gasteiger partial charge in [0.05, 0.1) is 25.9 Å². The van der Waals surface area contributed by atoms with Gasteiger partial charge in [-0.05, 0) is 5.53 Å². The third-order valence-corrected chi connectivity index (χ3v) is 8.69. The van der Waals surface area contributed by atoms with Crippen LogP contribution in [0.25, 0.3) is 10.4 Å². The van der Waals surface area contributed by atoms with Gasteiger partial charge in [0.25, 0.3) is 5.56 Å². The van der Waals surface area contributed by atoms with Crippen molar-refractivity contribution in [3.8, 4) is 0 Å². The summed E-state index contributed by atoms with van der Waals surface area (Å²) in [4.78, 5) is 59.6. The standard InChI is InChI=1S/C18H27N5O17P2/c19-22-20-4-7(25)3-8-12(27)13(28)9(5-24)38-17(8)39-42(34,35)40-41(32,33)36-6-10-14(29)15(30)16(37-10)23-2-1-11(26)21-18(23)31/h1-2,8-10,12-17,24,27-30H,3-6H2,(H,32,33)(H,34,35)(H,21,26,31). The maximum Gasteiger partial charge on any atom is 0.483 e. The van der Waals surface area contributed by atoms with Crippen LogP contribution in [-0.2, 0) is 36.8 Å². The van der Waals surface area contributed by atoms with Crippen molar-refractivity contribution in [3.05, 3.63) is 43.5 Å². The molecule has 24 heteroatoms. The molecule has 0 aliphatic carbocycles. The molecule has 2 fully saturated rings. The number of hydrogen-bond donors (Lipinski definition) is 8. The topological polar surface area (TPSA) is 343 Å². The molecule has 42 heavy (non-hydrogen) atoms. The number of rotatable bonds is 13. The van der Waals surface area contributed by atoms with Crippen molar-refractivity contribution >= 4 is 21.4 Å². The minimum absolute atomic E-state index is 0.708. The first kappa shape index (κ1) is 34.1. The number of phosphoric ester groups is 2. The molecule has 236 valence electrons. The van der Waals surface area contributed by atoms with Crippen LogP contribution >= 0.6 is 15.6 Å². The lowest BCUT2D eigenvalue weighted by molar-refractivity contribution is -0.263. The Morgan fingerprint density at radius 2 is 1.74 bits per heavy atom. The number of hydrogen-bond acceptors (Lipinski definition) is 16. The number of aliphatic hydroxyl groups excluding tert-OH is 5. The van der Waals surface area contributed by atoms with Gasteiger partial charge in [0.15, 0.2) is 12.5 Å². The van der Waals surface area contributed by atoms with Crippen LogP contribution in [0.5, 0.6) is 0 Å². The Morgan fingerprint density at radius 3 is 2.36 bits per heavy atom. The fourth-order valence-electron chi connectivity index (χ4n) is 4.09. The lowest BCUT2D eigenvalue weighted by Gasteiger charge is -2.41. The van der Waals surface area contributed by atoms with Gasteiger partial charge in [0.2, 0.25) is 0 Å². The fourth-order valence-corrected chi connectivity index (χ4v) is 6.28. The van der Waals surface area contributed by atoms with Crippen LogP contribution in [0.15, 0.2) is 27.0 Å². The van der Waals surface area contributed by atoms with E-state index in [4.69, 9.17) is 19.5 Å². The van der Waals surface area contributed by atoms with Gasteiger partial charge in [0.1, 0.15) is 36.3 Å². The quantitative estimate of drug-likeness (QED) is 0.0450. The highest BCUT2D eigenvalue weighted by atomic mass is 31.3. The van der Waals surface area contributed by atoms with Crippen molar-refractivity contribution in [2.24, 2.45) is 11.0 Å².